The highest BCUT2D eigenvalue weighted by Gasteiger charge is 2.64. The fourth-order valence-corrected chi connectivity index (χ4v) is 4.09. The van der Waals surface area contributed by atoms with Crippen LogP contribution in [0.5, 0.6) is 0 Å². The Labute approximate surface area is 182 Å². The van der Waals surface area contributed by atoms with Gasteiger partial charge in [0.2, 0.25) is 11.8 Å². The molecule has 9 heteroatoms. The van der Waals surface area contributed by atoms with Gasteiger partial charge in [-0.3, -0.25) is 14.0 Å². The van der Waals surface area contributed by atoms with Crippen molar-refractivity contribution in [1.82, 2.24) is 5.32 Å². The van der Waals surface area contributed by atoms with E-state index in [1.807, 2.05) is 0 Å². The summed E-state index contributed by atoms with van der Waals surface area (Å²) < 4.78 is 52.8. The first-order chi connectivity index (χ1) is 14.7. The highest BCUT2D eigenvalue weighted by Crippen LogP contribution is 2.62. The molecule has 3 unspecified atom stereocenters. The third-order valence-electron chi connectivity index (χ3n) is 5.41. The summed E-state index contributed by atoms with van der Waals surface area (Å²) in [6.07, 6.45) is -0.317. The number of halogens is 5. The zero-order valence-corrected chi connectivity index (χ0v) is 17.4. The molecule has 3 rings (SSSR count). The Bertz CT molecular complexity index is 999. The van der Waals surface area contributed by atoms with Crippen molar-refractivity contribution in [2.75, 3.05) is 12.0 Å². The van der Waals surface area contributed by atoms with E-state index in [4.69, 9.17) is 11.6 Å². The number of nitrogens with one attached hydrogen (secondary N) is 2. The van der Waals surface area contributed by atoms with Gasteiger partial charge in [-0.25, -0.2) is 13.2 Å². The van der Waals surface area contributed by atoms with Gasteiger partial charge in [-0.15, -0.1) is 11.6 Å². The van der Waals surface area contributed by atoms with Crippen LogP contribution in [0.3, 0.4) is 0 Å². The van der Waals surface area contributed by atoms with Crippen LogP contribution < -0.4 is 10.6 Å². The lowest BCUT2D eigenvalue weighted by molar-refractivity contribution is -0.121. The fourth-order valence-electron chi connectivity index (χ4n) is 3.67. The Morgan fingerprint density at radius 1 is 1.06 bits per heavy atom. The number of carbonyl (C=O) groups excluding carboxylic acids is 2. The molecule has 1 aliphatic carbocycles. The average molecular weight is 457 g/mol. The molecule has 1 saturated carbocycles. The normalized spacial score (nSPS) is 22.1. The third-order valence-corrected chi connectivity index (χ3v) is 5.88. The van der Waals surface area contributed by atoms with E-state index in [-0.39, 0.29) is 24.1 Å². The lowest BCUT2D eigenvalue weighted by atomic mass is 10.0. The molecular formula is C22H21ClF4N2O2. The second-order valence-corrected chi connectivity index (χ2v) is 8.42. The summed E-state index contributed by atoms with van der Waals surface area (Å²) in [5.41, 5.74) is 0.871. The molecule has 0 aromatic heterocycles. The van der Waals surface area contributed by atoms with Crippen LogP contribution in [0.2, 0.25) is 0 Å². The molecule has 2 N–H and O–H groups in total. The number of hydrogen-bond donors (Lipinski definition) is 2. The van der Waals surface area contributed by atoms with Crippen LogP contribution in [0, 0.1) is 17.6 Å². The summed E-state index contributed by atoms with van der Waals surface area (Å²) in [6.45, 7) is -0.277. The van der Waals surface area contributed by atoms with Gasteiger partial charge in [0, 0.05) is 29.3 Å². The van der Waals surface area contributed by atoms with E-state index >= 15 is 0 Å². The highest BCUT2D eigenvalue weighted by molar-refractivity contribution is 6.30. The smallest absolute Gasteiger partial charge is 0.229 e. The second-order valence-electron chi connectivity index (χ2n) is 7.60. The molecule has 2 aromatic carbocycles. The molecule has 0 aliphatic heterocycles. The van der Waals surface area contributed by atoms with Gasteiger partial charge in [0.05, 0.1) is 23.9 Å². The SMILES string of the molecule is CC1(Cl)C(C(=O)Nc2ccc(F)c(CNC(=O)CCF)c2)C1c1ccc(F)c(CF)c1. The van der Waals surface area contributed by atoms with Crippen LogP contribution in [0.4, 0.5) is 23.2 Å². The minimum absolute atomic E-state index is 0.103. The van der Waals surface area contributed by atoms with Gasteiger partial charge in [-0.05, 0) is 42.8 Å². The maximum atomic E-state index is 14.0. The Hall–Kier alpha value is -2.61. The number of amides is 2. The van der Waals surface area contributed by atoms with Crippen LogP contribution in [0.15, 0.2) is 36.4 Å². The Morgan fingerprint density at radius 3 is 2.42 bits per heavy atom. The second kappa shape index (κ2) is 9.26. The van der Waals surface area contributed by atoms with Crippen molar-refractivity contribution in [2.24, 2.45) is 5.92 Å². The van der Waals surface area contributed by atoms with Crippen molar-refractivity contribution in [3.05, 3.63) is 64.7 Å². The summed E-state index contributed by atoms with van der Waals surface area (Å²) in [5.74, 6) is -3.34. The van der Waals surface area contributed by atoms with E-state index in [9.17, 15) is 27.2 Å². The molecular weight excluding hydrogens is 436 g/mol. The van der Waals surface area contributed by atoms with Crippen molar-refractivity contribution in [1.29, 1.82) is 0 Å². The van der Waals surface area contributed by atoms with E-state index in [1.165, 1.54) is 24.3 Å². The highest BCUT2D eigenvalue weighted by atomic mass is 35.5. The zero-order chi connectivity index (χ0) is 22.8. The quantitative estimate of drug-likeness (QED) is 0.444. The minimum Gasteiger partial charge on any atom is -0.352 e. The molecule has 2 aromatic rings. The van der Waals surface area contributed by atoms with E-state index < -0.39 is 53.5 Å². The van der Waals surface area contributed by atoms with Crippen LogP contribution in [-0.2, 0) is 22.8 Å². The maximum Gasteiger partial charge on any atom is 0.229 e. The molecule has 3 atom stereocenters. The topological polar surface area (TPSA) is 58.2 Å². The summed E-state index contributed by atoms with van der Waals surface area (Å²) in [5, 5.41) is 5.07. The zero-order valence-electron chi connectivity index (χ0n) is 16.7. The van der Waals surface area contributed by atoms with Gasteiger partial charge in [0.25, 0.3) is 0 Å². The van der Waals surface area contributed by atoms with Crippen molar-refractivity contribution >= 4 is 29.1 Å². The summed E-state index contributed by atoms with van der Waals surface area (Å²) in [4.78, 5) is 23.2. The van der Waals surface area contributed by atoms with Gasteiger partial charge < -0.3 is 10.6 Å². The first-order valence-electron chi connectivity index (χ1n) is 9.64. The molecule has 31 heavy (non-hydrogen) atoms. The first-order valence-corrected chi connectivity index (χ1v) is 10.0. The van der Waals surface area contributed by atoms with E-state index in [0.717, 1.165) is 12.1 Å². The van der Waals surface area contributed by atoms with Crippen LogP contribution in [-0.4, -0.2) is 23.4 Å². The maximum absolute atomic E-state index is 14.0. The van der Waals surface area contributed by atoms with Crippen LogP contribution in [0.25, 0.3) is 0 Å². The number of anilines is 1. The molecule has 0 radical (unpaired) electrons. The van der Waals surface area contributed by atoms with E-state index in [0.29, 0.717) is 11.3 Å². The lowest BCUT2D eigenvalue weighted by Gasteiger charge is -2.10. The third kappa shape index (κ3) is 5.01. The molecule has 166 valence electrons. The standard InChI is InChI=1S/C22H21ClF4N2O2/c1-22(23)19(12-2-4-16(26)13(8-12)10-25)20(22)21(31)29-15-3-5-17(27)14(9-15)11-28-18(30)6-7-24/h2-5,8-9,19-20H,6-7,10-11H2,1H3,(H,28,30)(H,29,31). The lowest BCUT2D eigenvalue weighted by Crippen LogP contribution is -2.23. The van der Waals surface area contributed by atoms with Gasteiger partial charge in [-0.2, -0.15) is 0 Å². The van der Waals surface area contributed by atoms with Gasteiger partial charge in [0.1, 0.15) is 18.3 Å². The molecule has 1 fully saturated rings. The Morgan fingerprint density at radius 2 is 1.74 bits per heavy atom. The Kier molecular flexibility index (Phi) is 6.89. The van der Waals surface area contributed by atoms with E-state index in [2.05, 4.69) is 10.6 Å². The van der Waals surface area contributed by atoms with Crippen LogP contribution in [0.1, 0.15) is 36.0 Å². The summed E-state index contributed by atoms with van der Waals surface area (Å²) in [7, 11) is 0. The number of hydrogen-bond acceptors (Lipinski definition) is 2. The molecule has 4 nitrogen and oxygen atoms in total. The number of alkyl halides is 3. The summed E-state index contributed by atoms with van der Waals surface area (Å²) in [6, 6.07) is 7.86. The number of carbonyl (C=O) groups is 2. The van der Waals surface area contributed by atoms with Gasteiger partial charge >= 0.3 is 0 Å². The fraction of sp³-hybridized carbons (Fsp3) is 0.364. The predicted molar refractivity (Wildman–Crippen MR) is 109 cm³/mol. The van der Waals surface area contributed by atoms with Crippen molar-refractivity contribution < 1.29 is 27.2 Å². The van der Waals surface area contributed by atoms with Crippen LogP contribution >= 0.6 is 11.6 Å². The summed E-state index contributed by atoms with van der Waals surface area (Å²) >= 11 is 6.49. The molecule has 2 amide bonds. The van der Waals surface area contributed by atoms with Crippen molar-refractivity contribution in [3.8, 4) is 0 Å². The molecule has 0 heterocycles. The first kappa shape index (κ1) is 23.1. The van der Waals surface area contributed by atoms with Gasteiger partial charge in [-0.1, -0.05) is 6.07 Å². The molecule has 1 aliphatic rings. The van der Waals surface area contributed by atoms with Crippen molar-refractivity contribution in [2.45, 2.75) is 37.4 Å². The number of rotatable bonds is 8. The molecule has 0 bridgehead atoms. The average Bonchev–Trinajstić information content (AvgIpc) is 3.31. The van der Waals surface area contributed by atoms with Gasteiger partial charge in [0.15, 0.2) is 0 Å². The van der Waals surface area contributed by atoms with E-state index in [1.54, 1.807) is 6.92 Å². The monoisotopic (exact) mass is 456 g/mol. The minimum atomic E-state index is -0.970. The molecule has 0 spiro atoms. The predicted octanol–water partition coefficient (Wildman–Crippen LogP) is 4.76. The number of benzene rings is 2. The van der Waals surface area contributed by atoms with Crippen molar-refractivity contribution in [3.63, 3.8) is 0 Å². The Balaban J connectivity index is 1.71. The molecule has 0 saturated heterocycles. The largest absolute Gasteiger partial charge is 0.352 e.